The summed E-state index contributed by atoms with van der Waals surface area (Å²) in [4.78, 5) is 19.7. The van der Waals surface area contributed by atoms with E-state index in [2.05, 4.69) is 15.1 Å². The number of hydrogen-bond acceptors (Lipinski definition) is 4. The molecule has 21 heavy (non-hydrogen) atoms. The molecule has 3 heterocycles. The molecule has 0 unspecified atom stereocenters. The lowest BCUT2D eigenvalue weighted by Crippen LogP contribution is -2.05. The predicted octanol–water partition coefficient (Wildman–Crippen LogP) is 1.40. The molecule has 0 amide bonds. The quantitative estimate of drug-likeness (QED) is 0.786. The molecule has 0 spiro atoms. The van der Waals surface area contributed by atoms with Crippen LogP contribution < -0.4 is 0 Å². The predicted molar refractivity (Wildman–Crippen MR) is 76.4 cm³/mol. The van der Waals surface area contributed by atoms with Gasteiger partial charge in [0.05, 0.1) is 24.0 Å². The second-order valence-electron chi connectivity index (χ2n) is 4.99. The van der Waals surface area contributed by atoms with Crippen molar-refractivity contribution in [3.63, 3.8) is 0 Å². The van der Waals surface area contributed by atoms with Gasteiger partial charge in [0.2, 0.25) is 0 Å². The van der Waals surface area contributed by atoms with Gasteiger partial charge in [0.15, 0.2) is 5.82 Å². The van der Waals surface area contributed by atoms with Crippen LogP contribution in [0.15, 0.2) is 18.6 Å². The Hall–Kier alpha value is -2.70. The van der Waals surface area contributed by atoms with E-state index >= 15 is 0 Å². The van der Waals surface area contributed by atoms with Gasteiger partial charge in [-0.25, -0.2) is 14.6 Å². The first-order valence-corrected chi connectivity index (χ1v) is 6.52. The average Bonchev–Trinajstić information content (AvgIpc) is 2.94. The minimum absolute atomic E-state index is 0.0458. The van der Waals surface area contributed by atoms with Crippen LogP contribution in [-0.2, 0) is 18.3 Å². The van der Waals surface area contributed by atoms with Gasteiger partial charge in [-0.3, -0.25) is 4.79 Å². The zero-order chi connectivity index (χ0) is 15.1. The topological polar surface area (TPSA) is 85.8 Å². The summed E-state index contributed by atoms with van der Waals surface area (Å²) in [6.07, 6.45) is 3.38. The number of aliphatic carboxylic acids is 1. The third-order valence-electron chi connectivity index (χ3n) is 3.59. The van der Waals surface area contributed by atoms with E-state index in [1.807, 2.05) is 24.6 Å². The van der Waals surface area contributed by atoms with Crippen molar-refractivity contribution in [3.05, 3.63) is 35.5 Å². The molecular formula is C14H15N5O2. The number of carboxylic acid groups (broad SMARTS) is 1. The number of fused-ring (bicyclic) bond motifs is 1. The molecule has 0 aliphatic rings. The van der Waals surface area contributed by atoms with E-state index in [0.29, 0.717) is 11.5 Å². The Kier molecular flexibility index (Phi) is 2.97. The van der Waals surface area contributed by atoms with Gasteiger partial charge < -0.3 is 9.67 Å². The second kappa shape index (κ2) is 4.69. The molecule has 0 bridgehead atoms. The molecular weight excluding hydrogens is 270 g/mol. The summed E-state index contributed by atoms with van der Waals surface area (Å²) in [5, 5.41) is 13.4. The van der Waals surface area contributed by atoms with Gasteiger partial charge in [0.25, 0.3) is 0 Å². The van der Waals surface area contributed by atoms with Crippen LogP contribution in [0.4, 0.5) is 0 Å². The Morgan fingerprint density at radius 3 is 2.81 bits per heavy atom. The second-order valence-corrected chi connectivity index (χ2v) is 4.99. The smallest absolute Gasteiger partial charge is 0.307 e. The van der Waals surface area contributed by atoms with Crippen molar-refractivity contribution in [2.24, 2.45) is 7.05 Å². The first kappa shape index (κ1) is 13.3. The number of nitrogens with zero attached hydrogens (tertiary/aromatic N) is 5. The standard InChI is InChI=1S/C14H15N5O2/c1-8-10(6-12(20)21)9(2)19(17-8)14-13-11(4-5-15-14)18(3)7-16-13/h4-5,7H,6H2,1-3H3,(H,20,21). The fourth-order valence-corrected chi connectivity index (χ4v) is 2.49. The van der Waals surface area contributed by atoms with Crippen LogP contribution in [0.25, 0.3) is 16.9 Å². The summed E-state index contributed by atoms with van der Waals surface area (Å²) in [6.45, 7) is 3.65. The summed E-state index contributed by atoms with van der Waals surface area (Å²) in [7, 11) is 1.91. The molecule has 3 rings (SSSR count). The molecule has 0 aromatic carbocycles. The Bertz CT molecular complexity index is 847. The van der Waals surface area contributed by atoms with Crippen molar-refractivity contribution >= 4 is 17.0 Å². The summed E-state index contributed by atoms with van der Waals surface area (Å²) in [5.74, 6) is -0.255. The number of imidazole rings is 1. The van der Waals surface area contributed by atoms with E-state index in [1.165, 1.54) is 0 Å². The van der Waals surface area contributed by atoms with E-state index in [1.54, 1.807) is 24.1 Å². The van der Waals surface area contributed by atoms with Crippen LogP contribution in [-0.4, -0.2) is 35.4 Å². The van der Waals surface area contributed by atoms with Crippen molar-refractivity contribution < 1.29 is 9.90 Å². The molecule has 108 valence electrons. The molecule has 0 radical (unpaired) electrons. The molecule has 7 heteroatoms. The zero-order valence-electron chi connectivity index (χ0n) is 12.0. The van der Waals surface area contributed by atoms with E-state index in [0.717, 1.165) is 22.3 Å². The first-order chi connectivity index (χ1) is 9.99. The maximum absolute atomic E-state index is 11.0. The molecule has 0 aliphatic heterocycles. The summed E-state index contributed by atoms with van der Waals surface area (Å²) < 4.78 is 3.58. The van der Waals surface area contributed by atoms with Crippen molar-refractivity contribution in [2.45, 2.75) is 20.3 Å². The average molecular weight is 285 g/mol. The lowest BCUT2D eigenvalue weighted by molar-refractivity contribution is -0.136. The van der Waals surface area contributed by atoms with Gasteiger partial charge in [-0.2, -0.15) is 5.10 Å². The Morgan fingerprint density at radius 2 is 2.10 bits per heavy atom. The van der Waals surface area contributed by atoms with E-state index in [9.17, 15) is 4.79 Å². The van der Waals surface area contributed by atoms with Gasteiger partial charge >= 0.3 is 5.97 Å². The summed E-state index contributed by atoms with van der Waals surface area (Å²) in [6, 6.07) is 1.88. The van der Waals surface area contributed by atoms with Crippen LogP contribution in [0.3, 0.4) is 0 Å². The molecule has 3 aromatic heterocycles. The van der Waals surface area contributed by atoms with Crippen LogP contribution in [0.1, 0.15) is 17.0 Å². The molecule has 3 aromatic rings. The monoisotopic (exact) mass is 285 g/mol. The molecule has 0 aliphatic carbocycles. The number of rotatable bonds is 3. The molecule has 0 saturated carbocycles. The Morgan fingerprint density at radius 1 is 1.33 bits per heavy atom. The highest BCUT2D eigenvalue weighted by Gasteiger charge is 2.18. The van der Waals surface area contributed by atoms with Crippen LogP contribution in [0.2, 0.25) is 0 Å². The molecule has 1 N–H and O–H groups in total. The van der Waals surface area contributed by atoms with E-state index in [-0.39, 0.29) is 6.42 Å². The number of carboxylic acids is 1. The van der Waals surface area contributed by atoms with E-state index < -0.39 is 5.97 Å². The summed E-state index contributed by atoms with van der Waals surface area (Å²) >= 11 is 0. The summed E-state index contributed by atoms with van der Waals surface area (Å²) in [5.41, 5.74) is 3.89. The molecule has 0 saturated heterocycles. The number of aromatic nitrogens is 5. The van der Waals surface area contributed by atoms with Gasteiger partial charge in [0, 0.05) is 24.5 Å². The van der Waals surface area contributed by atoms with Crippen molar-refractivity contribution in [1.29, 1.82) is 0 Å². The Balaban J connectivity index is 2.22. The normalized spacial score (nSPS) is 11.2. The number of aryl methyl sites for hydroxylation is 2. The maximum Gasteiger partial charge on any atom is 0.307 e. The third kappa shape index (κ3) is 2.06. The Labute approximate surface area is 120 Å². The minimum Gasteiger partial charge on any atom is -0.481 e. The maximum atomic E-state index is 11.0. The highest BCUT2D eigenvalue weighted by atomic mass is 16.4. The number of carbonyl (C=O) groups is 1. The molecule has 7 nitrogen and oxygen atoms in total. The largest absolute Gasteiger partial charge is 0.481 e. The van der Waals surface area contributed by atoms with E-state index in [4.69, 9.17) is 5.11 Å². The fourth-order valence-electron chi connectivity index (χ4n) is 2.49. The van der Waals surface area contributed by atoms with Crippen LogP contribution in [0.5, 0.6) is 0 Å². The van der Waals surface area contributed by atoms with Crippen LogP contribution >= 0.6 is 0 Å². The molecule has 0 atom stereocenters. The SMILES string of the molecule is Cc1nn(-c2nccc3c2ncn3C)c(C)c1CC(=O)O. The molecule has 0 fully saturated rings. The van der Waals surface area contributed by atoms with Crippen molar-refractivity contribution in [3.8, 4) is 5.82 Å². The lowest BCUT2D eigenvalue weighted by Gasteiger charge is -2.05. The van der Waals surface area contributed by atoms with Crippen molar-refractivity contribution in [1.82, 2.24) is 24.3 Å². The number of hydrogen-bond donors (Lipinski definition) is 1. The van der Waals surface area contributed by atoms with Crippen molar-refractivity contribution in [2.75, 3.05) is 0 Å². The van der Waals surface area contributed by atoms with Crippen LogP contribution in [0, 0.1) is 13.8 Å². The third-order valence-corrected chi connectivity index (χ3v) is 3.59. The lowest BCUT2D eigenvalue weighted by atomic mass is 10.1. The highest BCUT2D eigenvalue weighted by Crippen LogP contribution is 2.22. The van der Waals surface area contributed by atoms with Gasteiger partial charge in [-0.15, -0.1) is 0 Å². The fraction of sp³-hybridized carbons (Fsp3) is 0.286. The first-order valence-electron chi connectivity index (χ1n) is 6.52. The zero-order valence-corrected chi connectivity index (χ0v) is 12.0. The van der Waals surface area contributed by atoms with Gasteiger partial charge in [0.1, 0.15) is 5.52 Å². The highest BCUT2D eigenvalue weighted by molar-refractivity contribution is 5.82. The van der Waals surface area contributed by atoms with Gasteiger partial charge in [-0.05, 0) is 19.9 Å². The van der Waals surface area contributed by atoms with Gasteiger partial charge in [-0.1, -0.05) is 0 Å². The minimum atomic E-state index is -0.871. The number of pyridine rings is 1.